The second-order valence-electron chi connectivity index (χ2n) is 6.08. The van der Waals surface area contributed by atoms with Gasteiger partial charge in [0, 0.05) is 41.5 Å². The first-order valence-electron chi connectivity index (χ1n) is 8.99. The van der Waals surface area contributed by atoms with Crippen LogP contribution in [0.2, 0.25) is 0 Å². The van der Waals surface area contributed by atoms with Crippen molar-refractivity contribution < 1.29 is 14.4 Å². The number of nitrogens with one attached hydrogen (secondary N) is 2. The number of imide groups is 1. The summed E-state index contributed by atoms with van der Waals surface area (Å²) < 4.78 is 0. The van der Waals surface area contributed by atoms with Crippen LogP contribution in [-0.2, 0) is 9.59 Å². The highest BCUT2D eigenvalue weighted by Gasteiger charge is 2.27. The van der Waals surface area contributed by atoms with Gasteiger partial charge in [-0.15, -0.1) is 12.6 Å². The number of pyridine rings is 1. The number of carbonyl (C=O) groups is 3. The molecule has 0 radical (unpaired) electrons. The largest absolute Gasteiger partial charge is 0.339 e. The molecule has 1 saturated heterocycles. The normalized spacial score (nSPS) is 21.7. The van der Waals surface area contributed by atoms with Gasteiger partial charge in [-0.3, -0.25) is 19.9 Å². The smallest absolute Gasteiger partial charge is 0.322 e. The molecule has 0 aromatic carbocycles. The Morgan fingerprint density at radius 3 is 2.79 bits per heavy atom. The maximum absolute atomic E-state index is 11.7. The molecule has 29 heavy (non-hydrogen) atoms. The average molecular weight is 410 g/mol. The number of allylic oxidation sites excluding steroid dienone is 1. The number of carbonyl (C=O) groups excluding carboxylic acids is 3. The Morgan fingerprint density at radius 1 is 1.38 bits per heavy atom. The molecule has 1 aromatic heterocycles. The standard InChI is InChI=1S/C11H15NOS.C10H7N3O2/c1-3-12-7-5-4-6-10(14)8-9(2)11(12)13;14-9-8(12-10(15)13-9)4-3-7-2-1-5-11-6-7/h4,6,8,14H,2-3,5,7H2,1H3;1-2,5-6,8H,(H2,12,13,14,15)/b6-4-,10-8+;/t;8-/m.0/s1. The number of thiol groups is 1. The molecular formula is C21H22N4O3S. The summed E-state index contributed by atoms with van der Waals surface area (Å²) >= 11 is 4.23. The second kappa shape index (κ2) is 10.9. The fourth-order valence-electron chi connectivity index (χ4n) is 2.44. The molecule has 8 heteroatoms. The van der Waals surface area contributed by atoms with E-state index in [1.54, 1.807) is 35.5 Å². The van der Waals surface area contributed by atoms with Gasteiger partial charge in [-0.2, -0.15) is 0 Å². The Labute approximate surface area is 175 Å². The van der Waals surface area contributed by atoms with Crippen LogP contribution in [0.3, 0.4) is 0 Å². The third-order valence-electron chi connectivity index (χ3n) is 3.92. The Hall–Kier alpha value is -3.31. The SMILES string of the molecule is C=C1/C=C(S)\C=C/CCN(CC)C1=O.O=C1NC(=O)[C@H](C#Cc2cccnc2)N1. The van der Waals surface area contributed by atoms with E-state index >= 15 is 0 Å². The average Bonchev–Trinajstić information content (AvgIpc) is 3.06. The van der Waals surface area contributed by atoms with E-state index in [0.29, 0.717) is 11.1 Å². The fourth-order valence-corrected chi connectivity index (χ4v) is 2.70. The zero-order chi connectivity index (χ0) is 21.2. The van der Waals surface area contributed by atoms with Crippen molar-refractivity contribution in [3.63, 3.8) is 0 Å². The van der Waals surface area contributed by atoms with Crippen LogP contribution >= 0.6 is 12.6 Å². The lowest BCUT2D eigenvalue weighted by atomic mass is 10.2. The lowest BCUT2D eigenvalue weighted by Gasteiger charge is -2.19. The third-order valence-corrected chi connectivity index (χ3v) is 4.19. The molecule has 7 nitrogen and oxygen atoms in total. The summed E-state index contributed by atoms with van der Waals surface area (Å²) in [5.74, 6) is 4.98. The van der Waals surface area contributed by atoms with Gasteiger partial charge < -0.3 is 10.2 Å². The summed E-state index contributed by atoms with van der Waals surface area (Å²) in [6.07, 6.45) is 9.71. The van der Waals surface area contributed by atoms with Gasteiger partial charge in [0.1, 0.15) is 0 Å². The monoisotopic (exact) mass is 410 g/mol. The van der Waals surface area contributed by atoms with E-state index in [-0.39, 0.29) is 5.91 Å². The van der Waals surface area contributed by atoms with Crippen LogP contribution in [0.5, 0.6) is 0 Å². The minimum Gasteiger partial charge on any atom is -0.339 e. The Morgan fingerprint density at radius 2 is 2.17 bits per heavy atom. The van der Waals surface area contributed by atoms with Crippen molar-refractivity contribution in [1.82, 2.24) is 20.5 Å². The number of rotatable bonds is 1. The number of hydrogen-bond acceptors (Lipinski definition) is 5. The maximum Gasteiger partial charge on any atom is 0.322 e. The van der Waals surface area contributed by atoms with E-state index in [9.17, 15) is 14.4 Å². The van der Waals surface area contributed by atoms with Crippen molar-refractivity contribution in [2.45, 2.75) is 19.4 Å². The van der Waals surface area contributed by atoms with Gasteiger partial charge in [0.2, 0.25) is 0 Å². The molecule has 1 aromatic rings. The third kappa shape index (κ3) is 6.97. The first-order valence-corrected chi connectivity index (χ1v) is 9.43. The fraction of sp³-hybridized carbons (Fsp3) is 0.238. The number of urea groups is 1. The summed E-state index contributed by atoms with van der Waals surface area (Å²) in [4.78, 5) is 40.0. The summed E-state index contributed by atoms with van der Waals surface area (Å²) in [5.41, 5.74) is 1.20. The van der Waals surface area contributed by atoms with Crippen molar-refractivity contribution >= 4 is 30.5 Å². The van der Waals surface area contributed by atoms with Crippen LogP contribution in [0.1, 0.15) is 18.9 Å². The van der Waals surface area contributed by atoms with Crippen molar-refractivity contribution in [3.05, 3.63) is 65.4 Å². The van der Waals surface area contributed by atoms with Gasteiger partial charge in [0.05, 0.1) is 0 Å². The molecule has 3 heterocycles. The predicted octanol–water partition coefficient (Wildman–Crippen LogP) is 1.81. The first-order chi connectivity index (χ1) is 13.9. The van der Waals surface area contributed by atoms with E-state index in [1.165, 1.54) is 0 Å². The summed E-state index contributed by atoms with van der Waals surface area (Å²) in [7, 11) is 0. The molecule has 2 N–H and O–H groups in total. The summed E-state index contributed by atoms with van der Waals surface area (Å²) in [6.45, 7) is 7.18. The van der Waals surface area contributed by atoms with Crippen molar-refractivity contribution in [1.29, 1.82) is 0 Å². The Balaban J connectivity index is 0.000000208. The number of likely N-dealkylation sites (N-methyl/N-ethyl adjacent to an activating group) is 1. The van der Waals surface area contributed by atoms with Crippen molar-refractivity contribution in [3.8, 4) is 11.8 Å². The van der Waals surface area contributed by atoms with Gasteiger partial charge in [-0.05, 0) is 31.6 Å². The number of amides is 4. The first kappa shape index (κ1) is 22.0. The topological polar surface area (TPSA) is 91.4 Å². The highest BCUT2D eigenvalue weighted by atomic mass is 32.1. The second-order valence-corrected chi connectivity index (χ2v) is 6.59. The van der Waals surface area contributed by atoms with Gasteiger partial charge in [0.25, 0.3) is 11.8 Å². The number of hydrogen-bond donors (Lipinski definition) is 3. The minimum absolute atomic E-state index is 0.00255. The van der Waals surface area contributed by atoms with Gasteiger partial charge in [-0.1, -0.05) is 30.6 Å². The quantitative estimate of drug-likeness (QED) is 0.285. The minimum atomic E-state index is -0.766. The van der Waals surface area contributed by atoms with Crippen molar-refractivity contribution in [2.24, 2.45) is 0 Å². The highest BCUT2D eigenvalue weighted by molar-refractivity contribution is 7.84. The van der Waals surface area contributed by atoms with Crippen molar-refractivity contribution in [2.75, 3.05) is 13.1 Å². The number of aromatic nitrogens is 1. The molecule has 3 rings (SSSR count). The van der Waals surface area contributed by atoms with Crippen LogP contribution in [0.25, 0.3) is 0 Å². The van der Waals surface area contributed by atoms with Crippen LogP contribution in [0.15, 0.2) is 59.8 Å². The van der Waals surface area contributed by atoms with Crippen LogP contribution in [-0.4, -0.2) is 46.9 Å². The van der Waals surface area contributed by atoms with Crippen LogP contribution in [0, 0.1) is 11.8 Å². The molecule has 4 amide bonds. The molecule has 0 unspecified atom stereocenters. The molecule has 2 aliphatic heterocycles. The van der Waals surface area contributed by atoms with E-state index in [2.05, 4.69) is 46.7 Å². The molecule has 150 valence electrons. The Kier molecular flexibility index (Phi) is 8.25. The van der Waals surface area contributed by atoms with Crippen LogP contribution in [0.4, 0.5) is 4.79 Å². The molecule has 1 fully saturated rings. The van der Waals surface area contributed by atoms with Gasteiger partial charge in [0.15, 0.2) is 6.04 Å². The van der Waals surface area contributed by atoms with E-state index in [4.69, 9.17) is 0 Å². The molecule has 0 spiro atoms. The van der Waals surface area contributed by atoms with E-state index in [1.807, 2.05) is 19.1 Å². The Bertz CT molecular complexity index is 913. The highest BCUT2D eigenvalue weighted by Crippen LogP contribution is 2.12. The van der Waals surface area contributed by atoms with Crippen LogP contribution < -0.4 is 10.6 Å². The molecule has 0 bridgehead atoms. The summed E-state index contributed by atoms with van der Waals surface area (Å²) in [5, 5.41) is 4.48. The van der Waals surface area contributed by atoms with Gasteiger partial charge in [-0.25, -0.2) is 4.79 Å². The van der Waals surface area contributed by atoms with E-state index in [0.717, 1.165) is 24.4 Å². The zero-order valence-corrected chi connectivity index (χ0v) is 16.9. The van der Waals surface area contributed by atoms with E-state index < -0.39 is 18.0 Å². The molecule has 2 aliphatic rings. The lowest BCUT2D eigenvalue weighted by molar-refractivity contribution is -0.126. The zero-order valence-electron chi connectivity index (χ0n) is 16.0. The molecule has 1 atom stereocenters. The predicted molar refractivity (Wildman–Crippen MR) is 114 cm³/mol. The molecular weight excluding hydrogens is 388 g/mol. The number of nitrogens with zero attached hydrogens (tertiary/aromatic N) is 2. The molecule has 0 aliphatic carbocycles. The lowest BCUT2D eigenvalue weighted by Crippen LogP contribution is -2.31. The summed E-state index contributed by atoms with van der Waals surface area (Å²) in [6, 6.07) is 2.25. The molecule has 0 saturated carbocycles. The van der Waals surface area contributed by atoms with Gasteiger partial charge >= 0.3 is 6.03 Å². The maximum atomic E-state index is 11.7.